The Morgan fingerprint density at radius 1 is 0.714 bits per heavy atom. The van der Waals surface area contributed by atoms with Crippen LogP contribution >= 0.6 is 11.8 Å². The van der Waals surface area contributed by atoms with Gasteiger partial charge in [0.25, 0.3) is 0 Å². The molecule has 3 unspecified atom stereocenters. The molecule has 1 fully saturated rings. The Kier molecular flexibility index (Phi) is 19.6. The van der Waals surface area contributed by atoms with Crippen LogP contribution in [0, 0.1) is 0 Å². The maximum atomic E-state index is 13.6. The van der Waals surface area contributed by atoms with Crippen LogP contribution in [-0.4, -0.2) is 166 Å². The van der Waals surface area contributed by atoms with Crippen molar-refractivity contribution >= 4 is 23.1 Å². The number of alkyl halides is 3. The average Bonchev–Trinajstić information content (AvgIpc) is 3.19. The molecule has 0 saturated carbocycles. The zero-order valence-corrected chi connectivity index (χ0v) is 35.0. The van der Waals surface area contributed by atoms with E-state index in [0.29, 0.717) is 58.6 Å². The highest BCUT2D eigenvalue weighted by Gasteiger charge is 2.33. The number of methoxy groups -OCH3 is 4. The molecule has 0 N–H and O–H groups in total. The molecule has 0 aliphatic carbocycles. The molecule has 12 nitrogen and oxygen atoms in total. The van der Waals surface area contributed by atoms with E-state index in [1.54, 1.807) is 39.6 Å². The molecule has 0 aromatic heterocycles. The average molecular weight is 817 g/mol. The van der Waals surface area contributed by atoms with Gasteiger partial charge in [0.1, 0.15) is 25.0 Å². The van der Waals surface area contributed by atoms with Gasteiger partial charge < -0.3 is 47.9 Å². The molecule has 1 saturated heterocycles. The first-order valence-electron chi connectivity index (χ1n) is 19.3. The summed E-state index contributed by atoms with van der Waals surface area (Å²) in [6, 6.07) is 12.0. The van der Waals surface area contributed by atoms with Crippen molar-refractivity contribution in [1.82, 2.24) is 14.9 Å². The minimum absolute atomic E-state index is 0.136. The number of para-hydroxylation sites is 1. The van der Waals surface area contributed by atoms with Gasteiger partial charge in [-0.3, -0.25) is 4.84 Å². The minimum Gasteiger partial charge on any atom is -0.382 e. The number of benzene rings is 2. The van der Waals surface area contributed by atoms with Crippen LogP contribution in [0.5, 0.6) is 0 Å². The Labute approximate surface area is 335 Å². The number of anilines is 2. The second-order valence-corrected chi connectivity index (χ2v) is 15.8. The molecule has 4 rings (SSSR count). The van der Waals surface area contributed by atoms with E-state index in [9.17, 15) is 13.2 Å². The number of halogens is 3. The molecule has 16 heteroatoms. The second kappa shape index (κ2) is 23.5. The summed E-state index contributed by atoms with van der Waals surface area (Å²) >= 11 is 1.53. The molecule has 2 aromatic carbocycles. The summed E-state index contributed by atoms with van der Waals surface area (Å²) in [5, 5.41) is 1.67. The number of hydrogen-bond donors (Lipinski definition) is 0. The van der Waals surface area contributed by atoms with Crippen LogP contribution in [-0.2, 0) is 44.2 Å². The summed E-state index contributed by atoms with van der Waals surface area (Å²) in [6.45, 7) is 13.0. The largest absolute Gasteiger partial charge is 0.416 e. The molecule has 2 aliphatic rings. The molecule has 2 aliphatic heterocycles. The van der Waals surface area contributed by atoms with Crippen molar-refractivity contribution in [3.63, 3.8) is 0 Å². The van der Waals surface area contributed by atoms with E-state index in [4.69, 9.17) is 38.0 Å². The van der Waals surface area contributed by atoms with Crippen molar-refractivity contribution in [1.29, 1.82) is 0 Å². The van der Waals surface area contributed by atoms with Crippen LogP contribution in [0.15, 0.2) is 52.3 Å². The third-order valence-electron chi connectivity index (χ3n) is 9.99. The lowest BCUT2D eigenvalue weighted by molar-refractivity contribution is -0.232. The fourth-order valence-corrected chi connectivity index (χ4v) is 7.42. The summed E-state index contributed by atoms with van der Waals surface area (Å²) in [4.78, 5) is 14.8. The first-order valence-corrected chi connectivity index (χ1v) is 20.1. The number of ether oxygens (including phenoxy) is 7. The molecule has 3 atom stereocenters. The maximum absolute atomic E-state index is 13.6. The SMILES string of the molecule is COCC(COCC(COCC(CON(C)COC(C)(C)CCN1CCN(CCCN2c3ccccc3Sc3ccc(C(F)(F)F)cc32)CC1)OC)OC)OC. The van der Waals surface area contributed by atoms with E-state index in [2.05, 4.69) is 28.5 Å². The molecule has 0 radical (unpaired) electrons. The smallest absolute Gasteiger partial charge is 0.382 e. The van der Waals surface area contributed by atoms with Gasteiger partial charge in [0.15, 0.2) is 0 Å². The van der Waals surface area contributed by atoms with E-state index in [1.807, 2.05) is 31.3 Å². The Morgan fingerprint density at radius 2 is 1.29 bits per heavy atom. The number of nitrogens with zero attached hydrogens (tertiary/aromatic N) is 4. The molecule has 0 spiro atoms. The lowest BCUT2D eigenvalue weighted by Gasteiger charge is -2.37. The summed E-state index contributed by atoms with van der Waals surface area (Å²) in [5.74, 6) is 0. The number of fused-ring (bicyclic) bond motifs is 2. The first kappa shape index (κ1) is 46.6. The van der Waals surface area contributed by atoms with E-state index in [-0.39, 0.29) is 23.9 Å². The van der Waals surface area contributed by atoms with E-state index in [0.717, 1.165) is 67.6 Å². The van der Waals surface area contributed by atoms with Crippen molar-refractivity contribution < 1.29 is 51.2 Å². The molecule has 2 heterocycles. The van der Waals surface area contributed by atoms with Crippen LogP contribution in [0.25, 0.3) is 0 Å². The van der Waals surface area contributed by atoms with Crippen LogP contribution < -0.4 is 4.90 Å². The fourth-order valence-electron chi connectivity index (χ4n) is 6.35. The van der Waals surface area contributed by atoms with Gasteiger partial charge in [0.2, 0.25) is 0 Å². The highest BCUT2D eigenvalue weighted by atomic mass is 32.2. The van der Waals surface area contributed by atoms with Crippen molar-refractivity contribution in [3.05, 3.63) is 48.0 Å². The zero-order chi connectivity index (χ0) is 40.6. The topological polar surface area (TPSA) is 86.8 Å². The van der Waals surface area contributed by atoms with E-state index in [1.165, 1.54) is 23.9 Å². The molecular weight excluding hydrogens is 754 g/mol. The Morgan fingerprint density at radius 3 is 1.89 bits per heavy atom. The van der Waals surface area contributed by atoms with Crippen molar-refractivity contribution in [2.45, 2.75) is 66.6 Å². The Hall–Kier alpha value is -2.06. The van der Waals surface area contributed by atoms with Crippen LogP contribution in [0.1, 0.15) is 32.3 Å². The molecule has 318 valence electrons. The lowest BCUT2D eigenvalue weighted by atomic mass is 10.0. The molecule has 0 bridgehead atoms. The van der Waals surface area contributed by atoms with Crippen molar-refractivity contribution in [3.8, 4) is 0 Å². The number of hydrogen-bond acceptors (Lipinski definition) is 13. The number of hydroxylamine groups is 2. The van der Waals surface area contributed by atoms with Gasteiger partial charge in [-0.05, 0) is 63.6 Å². The first-order chi connectivity index (χ1) is 26.8. The number of piperazine rings is 1. The van der Waals surface area contributed by atoms with Gasteiger partial charge >= 0.3 is 6.18 Å². The molecule has 2 aromatic rings. The standard InChI is InChI=1S/C40H63F3N4O8S/c1-39(2,54-30-44(3)55-29-34(51-7)28-53-27-33(50-6)26-52-25-32(49-5)24-48-4)15-18-46-21-19-45(20-22-46)16-10-17-47-35-11-8-9-12-37(35)56-38-14-13-31(23-36(38)47)40(41,42)43/h8-9,11-14,23,32-34H,10,15-22,24-30H2,1-7H3. The molecule has 56 heavy (non-hydrogen) atoms. The third-order valence-corrected chi connectivity index (χ3v) is 11.1. The Balaban J connectivity index is 1.10. The van der Waals surface area contributed by atoms with E-state index < -0.39 is 11.7 Å². The monoisotopic (exact) mass is 816 g/mol. The highest BCUT2D eigenvalue weighted by molar-refractivity contribution is 7.99. The van der Waals surface area contributed by atoms with Gasteiger partial charge in [-0.1, -0.05) is 23.9 Å². The lowest BCUT2D eigenvalue weighted by Crippen LogP contribution is -2.48. The maximum Gasteiger partial charge on any atom is 0.416 e. The van der Waals surface area contributed by atoms with Crippen LogP contribution in [0.2, 0.25) is 0 Å². The summed E-state index contributed by atoms with van der Waals surface area (Å²) in [6.07, 6.45) is -3.31. The predicted molar refractivity (Wildman–Crippen MR) is 211 cm³/mol. The quantitative estimate of drug-likeness (QED) is 0.0818. The molecular formula is C40H63F3N4O8S. The van der Waals surface area contributed by atoms with Gasteiger partial charge in [-0.15, -0.1) is 0 Å². The second-order valence-electron chi connectivity index (χ2n) is 14.7. The fraction of sp³-hybridized carbons (Fsp3) is 0.700. The summed E-state index contributed by atoms with van der Waals surface area (Å²) < 4.78 is 80.1. The van der Waals surface area contributed by atoms with Crippen LogP contribution in [0.3, 0.4) is 0 Å². The van der Waals surface area contributed by atoms with Crippen molar-refractivity contribution in [2.24, 2.45) is 0 Å². The van der Waals surface area contributed by atoms with Crippen molar-refractivity contribution in [2.75, 3.05) is 133 Å². The van der Waals surface area contributed by atoms with E-state index >= 15 is 0 Å². The van der Waals surface area contributed by atoms with Gasteiger partial charge in [-0.2, -0.15) is 18.2 Å². The predicted octanol–water partition coefficient (Wildman–Crippen LogP) is 6.05. The molecule has 0 amide bonds. The number of rotatable bonds is 26. The highest BCUT2D eigenvalue weighted by Crippen LogP contribution is 2.49. The van der Waals surface area contributed by atoms with Crippen LogP contribution in [0.4, 0.5) is 24.5 Å². The van der Waals surface area contributed by atoms with Gasteiger partial charge in [-0.25, -0.2) is 0 Å². The summed E-state index contributed by atoms with van der Waals surface area (Å²) in [7, 11) is 8.33. The van der Waals surface area contributed by atoms with Gasteiger partial charge in [0.05, 0.1) is 62.2 Å². The zero-order valence-electron chi connectivity index (χ0n) is 34.2. The normalized spacial score (nSPS) is 17.2. The minimum atomic E-state index is -4.38. The summed E-state index contributed by atoms with van der Waals surface area (Å²) in [5.41, 5.74) is 0.626. The Bertz CT molecular complexity index is 1420. The van der Waals surface area contributed by atoms with Gasteiger partial charge in [0, 0.05) is 84.5 Å². The third kappa shape index (κ3) is 15.3.